The molecular formula is C14H16F3NO3. The Labute approximate surface area is 120 Å². The molecule has 21 heavy (non-hydrogen) atoms. The van der Waals surface area contributed by atoms with E-state index in [1.165, 1.54) is 7.05 Å². The number of rotatable bonds is 6. The van der Waals surface area contributed by atoms with Crippen molar-refractivity contribution in [3.63, 3.8) is 0 Å². The standard InChI is InChI=1S/C14H16F3NO3/c1-3-8-20-12-6-4-11(5-7-12)9-18(2)13(19)21-10-14(15,16)17/h3-7H,1,8-10H2,2H3. The molecule has 1 aromatic rings. The van der Waals surface area contributed by atoms with Crippen molar-refractivity contribution in [3.8, 4) is 5.75 Å². The van der Waals surface area contributed by atoms with Crippen LogP contribution in [0.4, 0.5) is 18.0 Å². The van der Waals surface area contributed by atoms with Crippen LogP contribution in [0.3, 0.4) is 0 Å². The van der Waals surface area contributed by atoms with Crippen molar-refractivity contribution < 1.29 is 27.4 Å². The van der Waals surface area contributed by atoms with Gasteiger partial charge in [0, 0.05) is 13.6 Å². The lowest BCUT2D eigenvalue weighted by Crippen LogP contribution is -2.30. The van der Waals surface area contributed by atoms with Gasteiger partial charge in [0.2, 0.25) is 0 Å². The number of ether oxygens (including phenoxy) is 2. The van der Waals surface area contributed by atoms with Crippen molar-refractivity contribution in [1.82, 2.24) is 4.90 Å². The lowest BCUT2D eigenvalue weighted by atomic mass is 10.2. The van der Waals surface area contributed by atoms with Gasteiger partial charge in [-0.1, -0.05) is 24.8 Å². The van der Waals surface area contributed by atoms with Crippen LogP contribution < -0.4 is 4.74 Å². The monoisotopic (exact) mass is 303 g/mol. The zero-order chi connectivity index (χ0) is 15.9. The third-order valence-corrected chi connectivity index (χ3v) is 2.38. The summed E-state index contributed by atoms with van der Waals surface area (Å²) in [6.45, 7) is 2.45. The van der Waals surface area contributed by atoms with Crippen molar-refractivity contribution in [2.45, 2.75) is 12.7 Å². The first-order chi connectivity index (χ1) is 9.81. The highest BCUT2D eigenvalue weighted by atomic mass is 19.4. The Hall–Kier alpha value is -2.18. The molecule has 1 aromatic carbocycles. The molecule has 0 aliphatic rings. The van der Waals surface area contributed by atoms with Crippen LogP contribution in [0, 0.1) is 0 Å². The normalized spacial score (nSPS) is 10.9. The minimum absolute atomic E-state index is 0.137. The molecule has 0 saturated heterocycles. The van der Waals surface area contributed by atoms with Crippen LogP contribution in [0.25, 0.3) is 0 Å². The molecular weight excluding hydrogens is 287 g/mol. The number of hydrogen-bond donors (Lipinski definition) is 0. The highest BCUT2D eigenvalue weighted by molar-refractivity contribution is 5.67. The minimum Gasteiger partial charge on any atom is -0.490 e. The van der Waals surface area contributed by atoms with Gasteiger partial charge in [0.25, 0.3) is 0 Å². The number of amides is 1. The van der Waals surface area contributed by atoms with Gasteiger partial charge in [-0.05, 0) is 17.7 Å². The maximum atomic E-state index is 11.9. The van der Waals surface area contributed by atoms with Gasteiger partial charge in [-0.25, -0.2) is 4.79 Å². The van der Waals surface area contributed by atoms with E-state index in [9.17, 15) is 18.0 Å². The Morgan fingerprint density at radius 2 is 1.95 bits per heavy atom. The molecule has 7 heteroatoms. The SMILES string of the molecule is C=CCOc1ccc(CN(C)C(=O)OCC(F)(F)F)cc1. The van der Waals surface area contributed by atoms with Gasteiger partial charge in [-0.15, -0.1) is 0 Å². The molecule has 0 radical (unpaired) electrons. The Morgan fingerprint density at radius 3 is 2.48 bits per heavy atom. The predicted octanol–water partition coefficient (Wildman–Crippen LogP) is 3.38. The summed E-state index contributed by atoms with van der Waals surface area (Å²) in [6.07, 6.45) is -3.95. The number of halogens is 3. The fraction of sp³-hybridized carbons (Fsp3) is 0.357. The minimum atomic E-state index is -4.53. The van der Waals surface area contributed by atoms with E-state index in [1.807, 2.05) is 0 Å². The first kappa shape index (κ1) is 16.9. The Balaban J connectivity index is 2.48. The highest BCUT2D eigenvalue weighted by Gasteiger charge is 2.30. The summed E-state index contributed by atoms with van der Waals surface area (Å²) in [5.74, 6) is 0.640. The molecule has 0 bridgehead atoms. The summed E-state index contributed by atoms with van der Waals surface area (Å²) in [4.78, 5) is 12.4. The second-order valence-electron chi connectivity index (χ2n) is 4.27. The average molecular weight is 303 g/mol. The number of hydrogen-bond acceptors (Lipinski definition) is 3. The first-order valence-corrected chi connectivity index (χ1v) is 6.09. The van der Waals surface area contributed by atoms with Crippen LogP contribution in [0.5, 0.6) is 5.75 Å². The maximum absolute atomic E-state index is 11.9. The third-order valence-electron chi connectivity index (χ3n) is 2.38. The van der Waals surface area contributed by atoms with Crippen molar-refractivity contribution in [1.29, 1.82) is 0 Å². The van der Waals surface area contributed by atoms with Crippen molar-refractivity contribution in [2.24, 2.45) is 0 Å². The van der Waals surface area contributed by atoms with Gasteiger partial charge in [0.15, 0.2) is 6.61 Å². The first-order valence-electron chi connectivity index (χ1n) is 6.09. The Morgan fingerprint density at radius 1 is 1.33 bits per heavy atom. The summed E-state index contributed by atoms with van der Waals surface area (Å²) >= 11 is 0. The number of carbonyl (C=O) groups excluding carboxylic acids is 1. The molecule has 4 nitrogen and oxygen atoms in total. The molecule has 0 fully saturated rings. The van der Waals surface area contributed by atoms with E-state index in [2.05, 4.69) is 11.3 Å². The van der Waals surface area contributed by atoms with Gasteiger partial charge in [-0.3, -0.25) is 0 Å². The van der Waals surface area contributed by atoms with E-state index in [0.29, 0.717) is 12.4 Å². The van der Waals surface area contributed by atoms with Crippen molar-refractivity contribution in [3.05, 3.63) is 42.5 Å². The summed E-state index contributed by atoms with van der Waals surface area (Å²) in [7, 11) is 1.36. The second kappa shape index (κ2) is 7.56. The van der Waals surface area contributed by atoms with Gasteiger partial charge in [0.05, 0.1) is 0 Å². The Bertz CT molecular complexity index is 471. The molecule has 0 saturated carbocycles. The van der Waals surface area contributed by atoms with Crippen LogP contribution in [-0.4, -0.2) is 37.4 Å². The Kier molecular flexibility index (Phi) is 6.08. The van der Waals surface area contributed by atoms with E-state index in [-0.39, 0.29) is 6.54 Å². The summed E-state index contributed by atoms with van der Waals surface area (Å²) in [5.41, 5.74) is 0.743. The molecule has 116 valence electrons. The van der Waals surface area contributed by atoms with Crippen LogP contribution in [0.1, 0.15) is 5.56 Å². The van der Waals surface area contributed by atoms with E-state index >= 15 is 0 Å². The number of nitrogens with zero attached hydrogens (tertiary/aromatic N) is 1. The smallest absolute Gasteiger partial charge is 0.422 e. The maximum Gasteiger partial charge on any atom is 0.422 e. The van der Waals surface area contributed by atoms with Crippen molar-refractivity contribution in [2.75, 3.05) is 20.3 Å². The molecule has 0 N–H and O–H groups in total. The lowest BCUT2D eigenvalue weighted by Gasteiger charge is -2.18. The molecule has 1 rings (SSSR count). The zero-order valence-corrected chi connectivity index (χ0v) is 11.5. The number of benzene rings is 1. The predicted molar refractivity (Wildman–Crippen MR) is 71.0 cm³/mol. The van der Waals surface area contributed by atoms with E-state index in [1.54, 1.807) is 30.3 Å². The molecule has 0 aliphatic heterocycles. The van der Waals surface area contributed by atoms with Gasteiger partial charge in [0.1, 0.15) is 12.4 Å². The van der Waals surface area contributed by atoms with E-state index < -0.39 is 18.9 Å². The van der Waals surface area contributed by atoms with Crippen LogP contribution >= 0.6 is 0 Å². The fourth-order valence-electron chi connectivity index (χ4n) is 1.44. The molecule has 0 heterocycles. The van der Waals surface area contributed by atoms with Gasteiger partial charge >= 0.3 is 12.3 Å². The van der Waals surface area contributed by atoms with E-state index in [4.69, 9.17) is 4.74 Å². The molecule has 0 atom stereocenters. The molecule has 0 aliphatic carbocycles. The number of alkyl halides is 3. The van der Waals surface area contributed by atoms with Crippen LogP contribution in [0.2, 0.25) is 0 Å². The molecule has 1 amide bonds. The topological polar surface area (TPSA) is 38.8 Å². The van der Waals surface area contributed by atoms with Crippen LogP contribution in [0.15, 0.2) is 36.9 Å². The van der Waals surface area contributed by atoms with Crippen LogP contribution in [-0.2, 0) is 11.3 Å². The largest absolute Gasteiger partial charge is 0.490 e. The zero-order valence-electron chi connectivity index (χ0n) is 11.5. The highest BCUT2D eigenvalue weighted by Crippen LogP contribution is 2.16. The van der Waals surface area contributed by atoms with Gasteiger partial charge in [-0.2, -0.15) is 13.2 Å². The summed E-state index contributed by atoms with van der Waals surface area (Å²) in [6, 6.07) is 6.83. The summed E-state index contributed by atoms with van der Waals surface area (Å²) < 4.78 is 45.2. The summed E-state index contributed by atoms with van der Waals surface area (Å²) in [5, 5.41) is 0. The average Bonchev–Trinajstić information content (AvgIpc) is 2.43. The quantitative estimate of drug-likeness (QED) is 0.756. The third kappa shape index (κ3) is 6.69. The van der Waals surface area contributed by atoms with Gasteiger partial charge < -0.3 is 14.4 Å². The fourth-order valence-corrected chi connectivity index (χ4v) is 1.44. The lowest BCUT2D eigenvalue weighted by molar-refractivity contribution is -0.162. The molecule has 0 aromatic heterocycles. The second-order valence-corrected chi connectivity index (χ2v) is 4.27. The molecule has 0 spiro atoms. The van der Waals surface area contributed by atoms with Crippen molar-refractivity contribution >= 4 is 6.09 Å². The number of carbonyl (C=O) groups is 1. The molecule has 0 unspecified atom stereocenters. The van der Waals surface area contributed by atoms with E-state index in [0.717, 1.165) is 10.5 Å².